The van der Waals surface area contributed by atoms with Crippen molar-refractivity contribution in [2.75, 3.05) is 0 Å². The molecule has 3 rings (SSSR count). The summed E-state index contributed by atoms with van der Waals surface area (Å²) in [7, 11) is 0. The van der Waals surface area contributed by atoms with Gasteiger partial charge in [-0.25, -0.2) is 0 Å². The molecule has 4 N–H and O–H groups in total. The number of aliphatic hydroxyl groups is 3. The van der Waals surface area contributed by atoms with Gasteiger partial charge in [0.05, 0.1) is 12.2 Å². The number of carbonyl (C=O) groups excluding carboxylic acids is 1. The van der Waals surface area contributed by atoms with E-state index in [-0.39, 0.29) is 29.9 Å². The Morgan fingerprint density at radius 2 is 1.86 bits per heavy atom. The van der Waals surface area contributed by atoms with Crippen molar-refractivity contribution in [3.63, 3.8) is 0 Å². The molecule has 0 radical (unpaired) electrons. The van der Waals surface area contributed by atoms with Gasteiger partial charge in [0.1, 0.15) is 17.1 Å². The Kier molecular flexibility index (Phi) is 2.86. The predicted octanol–water partition coefficient (Wildman–Crippen LogP) is 0.281. The van der Waals surface area contributed by atoms with Crippen molar-refractivity contribution < 1.29 is 30.0 Å². The van der Waals surface area contributed by atoms with Crippen LogP contribution in [0.2, 0.25) is 0 Å². The Labute approximate surface area is 121 Å². The zero-order chi connectivity index (χ0) is 15.6. The predicted molar refractivity (Wildman–Crippen MR) is 72.4 cm³/mol. The first kappa shape index (κ1) is 14.3. The quantitative estimate of drug-likeness (QED) is 0.547. The van der Waals surface area contributed by atoms with Crippen LogP contribution in [0.15, 0.2) is 12.1 Å². The fraction of sp³-hybridized carbons (Fsp3) is 0.533. The number of benzene rings is 1. The van der Waals surface area contributed by atoms with E-state index in [4.69, 9.17) is 4.74 Å². The number of fused-ring (bicyclic) bond motifs is 2. The Bertz CT molecular complexity index is 627. The van der Waals surface area contributed by atoms with Crippen molar-refractivity contribution in [2.45, 2.75) is 50.1 Å². The molecular formula is C15H18O6. The molecule has 1 aliphatic carbocycles. The van der Waals surface area contributed by atoms with Gasteiger partial charge in [0.2, 0.25) is 5.78 Å². The van der Waals surface area contributed by atoms with Gasteiger partial charge in [-0.15, -0.1) is 0 Å². The average Bonchev–Trinajstić information content (AvgIpc) is 2.39. The molecule has 1 saturated carbocycles. The Morgan fingerprint density at radius 1 is 1.24 bits per heavy atom. The number of ether oxygens (including phenoxy) is 1. The minimum Gasteiger partial charge on any atom is -0.507 e. The lowest BCUT2D eigenvalue weighted by Gasteiger charge is -2.54. The summed E-state index contributed by atoms with van der Waals surface area (Å²) in [6.07, 6.45) is -2.19. The van der Waals surface area contributed by atoms with Crippen LogP contribution in [0.4, 0.5) is 0 Å². The van der Waals surface area contributed by atoms with Crippen molar-refractivity contribution in [2.24, 2.45) is 0 Å². The van der Waals surface area contributed by atoms with Gasteiger partial charge in [-0.2, -0.15) is 0 Å². The molecule has 4 atom stereocenters. The average molecular weight is 294 g/mol. The molecule has 2 aliphatic rings. The molecule has 1 fully saturated rings. The second kappa shape index (κ2) is 4.19. The van der Waals surface area contributed by atoms with Crippen LogP contribution >= 0.6 is 0 Å². The smallest absolute Gasteiger partial charge is 0.208 e. The maximum Gasteiger partial charge on any atom is 0.208 e. The monoisotopic (exact) mass is 294 g/mol. The Morgan fingerprint density at radius 3 is 2.52 bits per heavy atom. The van der Waals surface area contributed by atoms with E-state index in [1.165, 1.54) is 13.0 Å². The van der Waals surface area contributed by atoms with E-state index >= 15 is 0 Å². The lowest BCUT2D eigenvalue weighted by molar-refractivity contribution is -0.222. The maximum atomic E-state index is 12.7. The maximum absolute atomic E-state index is 12.7. The minimum absolute atomic E-state index is 0.0737. The van der Waals surface area contributed by atoms with E-state index < -0.39 is 29.2 Å². The summed E-state index contributed by atoms with van der Waals surface area (Å²) in [5.74, 6) is -1.02. The molecule has 1 aromatic carbocycles. The van der Waals surface area contributed by atoms with Gasteiger partial charge in [-0.3, -0.25) is 4.79 Å². The third-order valence-corrected chi connectivity index (χ3v) is 4.71. The zero-order valence-corrected chi connectivity index (χ0v) is 11.8. The molecule has 21 heavy (non-hydrogen) atoms. The molecule has 114 valence electrons. The number of hydrogen-bond acceptors (Lipinski definition) is 6. The summed E-state index contributed by atoms with van der Waals surface area (Å²) < 4.78 is 5.70. The fourth-order valence-electron chi connectivity index (χ4n) is 3.37. The number of aliphatic hydroxyl groups excluding tert-OH is 2. The van der Waals surface area contributed by atoms with Gasteiger partial charge >= 0.3 is 0 Å². The number of aryl methyl sites for hydroxylation is 1. The van der Waals surface area contributed by atoms with Gasteiger partial charge in [0.15, 0.2) is 11.2 Å². The van der Waals surface area contributed by atoms with Crippen molar-refractivity contribution in [1.29, 1.82) is 0 Å². The van der Waals surface area contributed by atoms with E-state index in [0.717, 1.165) is 0 Å². The van der Waals surface area contributed by atoms with Crippen LogP contribution in [-0.4, -0.2) is 49.6 Å². The van der Waals surface area contributed by atoms with Gasteiger partial charge < -0.3 is 25.2 Å². The van der Waals surface area contributed by atoms with E-state index in [9.17, 15) is 25.2 Å². The molecular weight excluding hydrogens is 276 g/mol. The topological polar surface area (TPSA) is 107 Å². The molecule has 4 unspecified atom stereocenters. The number of rotatable bonds is 0. The Balaban J connectivity index is 2.27. The summed E-state index contributed by atoms with van der Waals surface area (Å²) in [5, 5.41) is 41.2. The second-order valence-corrected chi connectivity index (χ2v) is 6.07. The van der Waals surface area contributed by atoms with E-state index in [0.29, 0.717) is 5.56 Å². The van der Waals surface area contributed by atoms with Crippen LogP contribution < -0.4 is 4.74 Å². The molecule has 1 heterocycles. The van der Waals surface area contributed by atoms with E-state index in [1.54, 1.807) is 13.0 Å². The number of ketones is 1. The number of carbonyl (C=O) groups is 1. The largest absolute Gasteiger partial charge is 0.507 e. The van der Waals surface area contributed by atoms with Crippen molar-refractivity contribution >= 4 is 5.78 Å². The third kappa shape index (κ3) is 1.61. The summed E-state index contributed by atoms with van der Waals surface area (Å²) >= 11 is 0. The van der Waals surface area contributed by atoms with Gasteiger partial charge in [-0.1, -0.05) is 0 Å². The molecule has 0 bridgehead atoms. The molecule has 0 spiro atoms. The first-order chi connectivity index (χ1) is 9.71. The molecule has 1 aliphatic heterocycles. The zero-order valence-electron chi connectivity index (χ0n) is 11.8. The van der Waals surface area contributed by atoms with E-state index in [1.807, 2.05) is 0 Å². The molecule has 0 aromatic heterocycles. The summed E-state index contributed by atoms with van der Waals surface area (Å²) in [6.45, 7) is 3.13. The highest BCUT2D eigenvalue weighted by molar-refractivity contribution is 6.09. The minimum atomic E-state index is -2.29. The normalized spacial score (nSPS) is 38.4. The number of phenols is 1. The van der Waals surface area contributed by atoms with Crippen LogP contribution in [0.1, 0.15) is 35.7 Å². The van der Waals surface area contributed by atoms with Crippen LogP contribution in [0.5, 0.6) is 11.5 Å². The van der Waals surface area contributed by atoms with Crippen molar-refractivity contribution in [3.05, 3.63) is 23.3 Å². The standard InChI is InChI=1S/C15H18O6/c1-7-5-8(16)12-9(6-7)21-14(2)10(17)3-4-11(18)15(14,20)13(12)19/h5-6,10-11,16-18,20H,3-4H2,1-2H3. The molecule has 6 nitrogen and oxygen atoms in total. The molecule has 6 heteroatoms. The first-order valence-electron chi connectivity index (χ1n) is 6.87. The van der Waals surface area contributed by atoms with Crippen molar-refractivity contribution in [3.8, 4) is 11.5 Å². The number of hydrogen-bond donors (Lipinski definition) is 4. The van der Waals surface area contributed by atoms with Gasteiger partial charge in [0.25, 0.3) is 0 Å². The van der Waals surface area contributed by atoms with Crippen molar-refractivity contribution in [1.82, 2.24) is 0 Å². The number of aromatic hydroxyl groups is 1. The highest BCUT2D eigenvalue weighted by atomic mass is 16.5. The SMILES string of the molecule is Cc1cc(O)c2c(c1)OC1(C)C(O)CCC(O)C1(O)C2=O. The van der Waals surface area contributed by atoms with Gasteiger partial charge in [0, 0.05) is 0 Å². The Hall–Kier alpha value is -1.63. The van der Waals surface area contributed by atoms with Crippen LogP contribution in [0.25, 0.3) is 0 Å². The lowest BCUT2D eigenvalue weighted by Crippen LogP contribution is -2.75. The second-order valence-electron chi connectivity index (χ2n) is 6.07. The third-order valence-electron chi connectivity index (χ3n) is 4.71. The fourth-order valence-corrected chi connectivity index (χ4v) is 3.37. The van der Waals surface area contributed by atoms with Crippen LogP contribution in [0.3, 0.4) is 0 Å². The molecule has 1 aromatic rings. The molecule has 0 amide bonds. The van der Waals surface area contributed by atoms with E-state index in [2.05, 4.69) is 0 Å². The highest BCUT2D eigenvalue weighted by Crippen LogP contribution is 2.49. The summed E-state index contributed by atoms with van der Waals surface area (Å²) in [4.78, 5) is 12.7. The summed E-state index contributed by atoms with van der Waals surface area (Å²) in [6, 6.07) is 2.95. The summed E-state index contributed by atoms with van der Waals surface area (Å²) in [5.41, 5.74) is -3.42. The van der Waals surface area contributed by atoms with Crippen LogP contribution in [-0.2, 0) is 0 Å². The first-order valence-corrected chi connectivity index (χ1v) is 6.87. The molecule has 0 saturated heterocycles. The van der Waals surface area contributed by atoms with Gasteiger partial charge in [-0.05, 0) is 44.4 Å². The number of phenolic OH excluding ortho intramolecular Hbond substituents is 1. The lowest BCUT2D eigenvalue weighted by atomic mass is 9.64. The highest BCUT2D eigenvalue weighted by Gasteiger charge is 2.67. The number of Topliss-reactive ketones (excluding diaryl/α,β-unsaturated/α-hetero) is 1. The van der Waals surface area contributed by atoms with Crippen LogP contribution in [0, 0.1) is 6.92 Å².